The molecule has 3 aromatic rings. The zero-order valence-electron chi connectivity index (χ0n) is 14.8. The van der Waals surface area contributed by atoms with Crippen molar-refractivity contribution in [1.82, 2.24) is 20.0 Å². The Morgan fingerprint density at radius 2 is 1.96 bits per heavy atom. The van der Waals surface area contributed by atoms with E-state index < -0.39 is 0 Å². The highest BCUT2D eigenvalue weighted by molar-refractivity contribution is 5.94. The highest BCUT2D eigenvalue weighted by Crippen LogP contribution is 2.33. The molecule has 2 unspecified atom stereocenters. The maximum atomic E-state index is 12.7. The van der Waals surface area contributed by atoms with Crippen LogP contribution in [0.3, 0.4) is 0 Å². The van der Waals surface area contributed by atoms with Gasteiger partial charge in [-0.3, -0.25) is 9.78 Å². The molecule has 1 saturated heterocycles. The number of hydrogen-bond acceptors (Lipinski definition) is 5. The van der Waals surface area contributed by atoms with Gasteiger partial charge in [-0.05, 0) is 25.0 Å². The van der Waals surface area contributed by atoms with E-state index >= 15 is 0 Å². The van der Waals surface area contributed by atoms with Gasteiger partial charge in [-0.25, -0.2) is 0 Å². The predicted molar refractivity (Wildman–Crippen MR) is 96.5 cm³/mol. The standard InChI is InChI=1S/C20H20N4O2/c1-13-11-24(20(25)16-9-8-14(2)21-10-16)12-17(13)19-22-18(23-26-19)15-6-4-3-5-7-15/h3-10,13,17H,11-12H2,1-2H3. The van der Waals surface area contributed by atoms with Gasteiger partial charge in [-0.2, -0.15) is 4.98 Å². The molecule has 26 heavy (non-hydrogen) atoms. The molecule has 0 aliphatic carbocycles. The Kier molecular flexibility index (Phi) is 4.24. The number of rotatable bonds is 3. The number of aryl methyl sites for hydroxylation is 1. The summed E-state index contributed by atoms with van der Waals surface area (Å²) < 4.78 is 5.51. The van der Waals surface area contributed by atoms with E-state index in [0.29, 0.717) is 30.4 Å². The van der Waals surface area contributed by atoms with Crippen LogP contribution in [0, 0.1) is 12.8 Å². The smallest absolute Gasteiger partial charge is 0.255 e. The summed E-state index contributed by atoms with van der Waals surface area (Å²) in [6.07, 6.45) is 1.63. The lowest BCUT2D eigenvalue weighted by Crippen LogP contribution is -2.29. The van der Waals surface area contributed by atoms with Crippen molar-refractivity contribution in [3.05, 3.63) is 65.8 Å². The van der Waals surface area contributed by atoms with Gasteiger partial charge in [0.2, 0.25) is 11.7 Å². The van der Waals surface area contributed by atoms with Crippen LogP contribution in [0.4, 0.5) is 0 Å². The summed E-state index contributed by atoms with van der Waals surface area (Å²) in [6, 6.07) is 13.4. The van der Waals surface area contributed by atoms with Crippen molar-refractivity contribution in [3.63, 3.8) is 0 Å². The van der Waals surface area contributed by atoms with Gasteiger partial charge in [0.05, 0.1) is 11.5 Å². The zero-order chi connectivity index (χ0) is 18.1. The molecule has 1 aliphatic heterocycles. The van der Waals surface area contributed by atoms with Gasteiger partial charge in [-0.1, -0.05) is 42.4 Å². The highest BCUT2D eigenvalue weighted by atomic mass is 16.5. The van der Waals surface area contributed by atoms with Crippen molar-refractivity contribution in [3.8, 4) is 11.4 Å². The van der Waals surface area contributed by atoms with Crippen LogP contribution in [0.15, 0.2) is 53.2 Å². The molecule has 1 fully saturated rings. The topological polar surface area (TPSA) is 72.1 Å². The van der Waals surface area contributed by atoms with Crippen LogP contribution in [0.2, 0.25) is 0 Å². The molecule has 1 amide bonds. The van der Waals surface area contributed by atoms with Crippen molar-refractivity contribution in [2.24, 2.45) is 5.92 Å². The van der Waals surface area contributed by atoms with Gasteiger partial charge in [0.1, 0.15) is 0 Å². The Morgan fingerprint density at radius 1 is 1.15 bits per heavy atom. The summed E-state index contributed by atoms with van der Waals surface area (Å²) >= 11 is 0. The maximum Gasteiger partial charge on any atom is 0.255 e. The van der Waals surface area contributed by atoms with Crippen LogP contribution in [0.5, 0.6) is 0 Å². The highest BCUT2D eigenvalue weighted by Gasteiger charge is 2.37. The fourth-order valence-corrected chi connectivity index (χ4v) is 3.32. The number of carbonyl (C=O) groups is 1. The molecule has 132 valence electrons. The van der Waals surface area contributed by atoms with E-state index in [2.05, 4.69) is 22.0 Å². The molecule has 0 bridgehead atoms. The van der Waals surface area contributed by atoms with Crippen LogP contribution in [0.1, 0.15) is 34.8 Å². The number of hydrogen-bond donors (Lipinski definition) is 0. The monoisotopic (exact) mass is 348 g/mol. The molecule has 0 saturated carbocycles. The Labute approximate surface area is 151 Å². The Hall–Kier alpha value is -3.02. The molecule has 1 aromatic carbocycles. The first-order chi connectivity index (χ1) is 12.6. The van der Waals surface area contributed by atoms with E-state index in [-0.39, 0.29) is 17.7 Å². The second-order valence-corrected chi connectivity index (χ2v) is 6.80. The fraction of sp³-hybridized carbons (Fsp3) is 0.300. The van der Waals surface area contributed by atoms with Crippen LogP contribution in [-0.4, -0.2) is 39.0 Å². The molecule has 0 radical (unpaired) electrons. The number of carbonyl (C=O) groups excluding carboxylic acids is 1. The molecular weight excluding hydrogens is 328 g/mol. The number of likely N-dealkylation sites (tertiary alicyclic amines) is 1. The first-order valence-electron chi connectivity index (χ1n) is 8.73. The number of aromatic nitrogens is 3. The molecule has 6 nitrogen and oxygen atoms in total. The largest absolute Gasteiger partial charge is 0.339 e. The van der Waals surface area contributed by atoms with E-state index in [0.717, 1.165) is 11.3 Å². The lowest BCUT2D eigenvalue weighted by Gasteiger charge is -2.15. The first-order valence-corrected chi connectivity index (χ1v) is 8.73. The maximum absolute atomic E-state index is 12.7. The van der Waals surface area contributed by atoms with Crippen molar-refractivity contribution >= 4 is 5.91 Å². The molecule has 6 heteroatoms. The molecule has 0 N–H and O–H groups in total. The average Bonchev–Trinajstić information content (AvgIpc) is 3.29. The van der Waals surface area contributed by atoms with E-state index in [1.54, 1.807) is 6.20 Å². The lowest BCUT2D eigenvalue weighted by atomic mass is 9.98. The second-order valence-electron chi connectivity index (χ2n) is 6.80. The average molecular weight is 348 g/mol. The van der Waals surface area contributed by atoms with Crippen molar-refractivity contribution in [2.75, 3.05) is 13.1 Å². The first kappa shape index (κ1) is 16.4. The van der Waals surface area contributed by atoms with E-state index in [4.69, 9.17) is 4.52 Å². The molecular formula is C20H20N4O2. The van der Waals surface area contributed by atoms with Gasteiger partial charge in [-0.15, -0.1) is 0 Å². The van der Waals surface area contributed by atoms with Gasteiger partial charge < -0.3 is 9.42 Å². The number of amides is 1. The van der Waals surface area contributed by atoms with Crippen LogP contribution in [-0.2, 0) is 0 Å². The normalized spacial score (nSPS) is 19.7. The van der Waals surface area contributed by atoms with Gasteiger partial charge in [0.25, 0.3) is 5.91 Å². The summed E-state index contributed by atoms with van der Waals surface area (Å²) in [5.74, 6) is 1.47. The van der Waals surface area contributed by atoms with E-state index in [1.807, 2.05) is 54.3 Å². The molecule has 2 atom stereocenters. The van der Waals surface area contributed by atoms with Crippen LogP contribution in [0.25, 0.3) is 11.4 Å². The summed E-state index contributed by atoms with van der Waals surface area (Å²) in [5.41, 5.74) is 2.43. The Bertz CT molecular complexity index is 905. The minimum atomic E-state index is -0.00496. The molecule has 4 rings (SSSR count). The third-order valence-corrected chi connectivity index (χ3v) is 4.85. The van der Waals surface area contributed by atoms with Crippen molar-refractivity contribution in [2.45, 2.75) is 19.8 Å². The quantitative estimate of drug-likeness (QED) is 0.726. The molecule has 0 spiro atoms. The third-order valence-electron chi connectivity index (χ3n) is 4.85. The SMILES string of the molecule is Cc1ccc(C(=O)N2CC(C)C(c3nc(-c4ccccc4)no3)C2)cn1. The number of nitrogens with zero attached hydrogens (tertiary/aromatic N) is 4. The summed E-state index contributed by atoms with van der Waals surface area (Å²) in [4.78, 5) is 23.3. The Balaban J connectivity index is 1.51. The number of pyridine rings is 1. The van der Waals surface area contributed by atoms with Gasteiger partial charge in [0.15, 0.2) is 0 Å². The summed E-state index contributed by atoms with van der Waals surface area (Å²) in [7, 11) is 0. The van der Waals surface area contributed by atoms with Crippen LogP contribution >= 0.6 is 0 Å². The molecule has 1 aliphatic rings. The van der Waals surface area contributed by atoms with E-state index in [1.165, 1.54) is 0 Å². The van der Waals surface area contributed by atoms with Crippen molar-refractivity contribution < 1.29 is 9.32 Å². The minimum Gasteiger partial charge on any atom is -0.339 e. The van der Waals surface area contributed by atoms with Crippen LogP contribution < -0.4 is 0 Å². The fourth-order valence-electron chi connectivity index (χ4n) is 3.32. The zero-order valence-corrected chi connectivity index (χ0v) is 14.8. The Morgan fingerprint density at radius 3 is 2.69 bits per heavy atom. The van der Waals surface area contributed by atoms with Gasteiger partial charge >= 0.3 is 0 Å². The minimum absolute atomic E-state index is 0.00496. The molecule has 2 aromatic heterocycles. The lowest BCUT2D eigenvalue weighted by molar-refractivity contribution is 0.0785. The van der Waals surface area contributed by atoms with Crippen molar-refractivity contribution in [1.29, 1.82) is 0 Å². The van der Waals surface area contributed by atoms with E-state index in [9.17, 15) is 4.79 Å². The van der Waals surface area contributed by atoms with Gasteiger partial charge in [0, 0.05) is 30.5 Å². The summed E-state index contributed by atoms with van der Waals surface area (Å²) in [5, 5.41) is 4.10. The predicted octanol–water partition coefficient (Wildman–Crippen LogP) is 3.32. The molecule has 3 heterocycles. The number of benzene rings is 1. The third kappa shape index (κ3) is 3.10. The second kappa shape index (κ2) is 6.71. The summed E-state index contributed by atoms with van der Waals surface area (Å²) in [6.45, 7) is 5.25.